The summed E-state index contributed by atoms with van der Waals surface area (Å²) in [6.07, 6.45) is 2.01. The number of rotatable bonds is 7. The molecule has 1 aliphatic heterocycles. The maximum Gasteiger partial charge on any atom is 0.163 e. The lowest BCUT2D eigenvalue weighted by Gasteiger charge is -2.25. The van der Waals surface area contributed by atoms with Crippen molar-refractivity contribution in [3.63, 3.8) is 0 Å². The van der Waals surface area contributed by atoms with Gasteiger partial charge in [-0.2, -0.15) is 5.10 Å². The van der Waals surface area contributed by atoms with Crippen molar-refractivity contribution in [2.75, 3.05) is 13.7 Å². The van der Waals surface area contributed by atoms with Gasteiger partial charge >= 0.3 is 0 Å². The van der Waals surface area contributed by atoms with Crippen LogP contribution in [0.2, 0.25) is 0 Å². The van der Waals surface area contributed by atoms with E-state index in [1.807, 2.05) is 13.1 Å². The number of carbonyl (C=O) groups excluding carboxylic acids is 1. The van der Waals surface area contributed by atoms with Gasteiger partial charge in [0.05, 0.1) is 18.3 Å². The third kappa shape index (κ3) is 4.56. The average molecular weight is 505 g/mol. The van der Waals surface area contributed by atoms with Gasteiger partial charge in [0.15, 0.2) is 11.5 Å². The number of fused-ring (bicyclic) bond motifs is 2. The van der Waals surface area contributed by atoms with Gasteiger partial charge in [0.1, 0.15) is 35.0 Å². The summed E-state index contributed by atoms with van der Waals surface area (Å²) in [6.45, 7) is 3.72. The maximum atomic E-state index is 13.6. The Kier molecular flexibility index (Phi) is 6.00. The lowest BCUT2D eigenvalue weighted by atomic mass is 9.88. The number of carbonyl (C=O) groups is 1. The predicted molar refractivity (Wildman–Crippen MR) is 137 cm³/mol. The summed E-state index contributed by atoms with van der Waals surface area (Å²) in [5, 5.41) is 16.7. The van der Waals surface area contributed by atoms with E-state index in [1.165, 1.54) is 19.2 Å². The highest BCUT2D eigenvalue weighted by atomic mass is 19.1. The normalized spacial score (nSPS) is 18.4. The van der Waals surface area contributed by atoms with Gasteiger partial charge in [-0.25, -0.2) is 9.37 Å². The van der Waals surface area contributed by atoms with Crippen LogP contribution in [-0.4, -0.2) is 39.4 Å². The van der Waals surface area contributed by atoms with E-state index in [-0.39, 0.29) is 31.0 Å². The quantitative estimate of drug-likeness (QED) is 0.362. The summed E-state index contributed by atoms with van der Waals surface area (Å²) < 4.78 is 26.5. The molecule has 37 heavy (non-hydrogen) atoms. The topological polar surface area (TPSA) is 112 Å². The Bertz CT molecular complexity index is 1510. The van der Waals surface area contributed by atoms with Crippen molar-refractivity contribution >= 4 is 16.7 Å². The Labute approximate surface area is 213 Å². The SMILES string of the molecule is COc1cc(C(=O)CC[C@](C)(O)c2cc3c(c(-c4ccc(F)cc4)n2)OC[C@]3(C)N)cc2cn(C)nc12. The van der Waals surface area contributed by atoms with Crippen LogP contribution < -0.4 is 15.2 Å². The number of benzene rings is 2. The summed E-state index contributed by atoms with van der Waals surface area (Å²) in [5.41, 5.74) is 7.58. The van der Waals surface area contributed by atoms with E-state index < -0.39 is 11.1 Å². The Morgan fingerprint density at radius 1 is 1.30 bits per heavy atom. The second kappa shape index (κ2) is 8.93. The van der Waals surface area contributed by atoms with Crippen LogP contribution in [0.5, 0.6) is 11.5 Å². The van der Waals surface area contributed by atoms with Crippen LogP contribution in [0.1, 0.15) is 48.3 Å². The maximum absolute atomic E-state index is 13.6. The van der Waals surface area contributed by atoms with Gasteiger partial charge in [0, 0.05) is 41.7 Å². The number of hydrogen-bond acceptors (Lipinski definition) is 7. The number of nitrogens with two attached hydrogens (primary N) is 1. The second-order valence-corrected chi connectivity index (χ2v) is 10.1. The van der Waals surface area contributed by atoms with Gasteiger partial charge in [-0.15, -0.1) is 0 Å². The van der Waals surface area contributed by atoms with Gasteiger partial charge < -0.3 is 20.3 Å². The van der Waals surface area contributed by atoms with Gasteiger partial charge in [0.2, 0.25) is 0 Å². The van der Waals surface area contributed by atoms with Crippen LogP contribution >= 0.6 is 0 Å². The Hall–Kier alpha value is -3.82. The van der Waals surface area contributed by atoms with Crippen molar-refractivity contribution in [2.24, 2.45) is 12.8 Å². The van der Waals surface area contributed by atoms with E-state index >= 15 is 0 Å². The number of ketones is 1. The molecule has 0 radical (unpaired) electrons. The molecule has 4 aromatic rings. The molecule has 3 N–H and O–H groups in total. The highest BCUT2D eigenvalue weighted by molar-refractivity contribution is 6.01. The number of aryl methyl sites for hydroxylation is 1. The zero-order valence-electron chi connectivity index (χ0n) is 21.2. The van der Waals surface area contributed by atoms with Crippen LogP contribution in [0.25, 0.3) is 22.2 Å². The molecule has 5 rings (SSSR count). The zero-order valence-corrected chi connectivity index (χ0v) is 21.2. The molecule has 0 aliphatic carbocycles. The molecule has 3 heterocycles. The van der Waals surface area contributed by atoms with Crippen LogP contribution in [0.4, 0.5) is 4.39 Å². The highest BCUT2D eigenvalue weighted by Gasteiger charge is 2.38. The predicted octanol–water partition coefficient (Wildman–Crippen LogP) is 4.22. The minimum atomic E-state index is -1.44. The number of aromatic nitrogens is 3. The fourth-order valence-corrected chi connectivity index (χ4v) is 4.65. The first-order valence-corrected chi connectivity index (χ1v) is 12.0. The lowest BCUT2D eigenvalue weighted by molar-refractivity contribution is 0.0396. The van der Waals surface area contributed by atoms with E-state index in [0.717, 1.165) is 5.39 Å². The standard InChI is InChI=1S/C28H29FN4O4/c1-27(30)15-37-26-20(27)13-23(31-25(26)16-5-7-19(29)8-6-16)28(2,35)10-9-21(34)17-11-18-14-33(3)32-24(18)22(12-17)36-4/h5-8,11-14,35H,9-10,15,30H2,1-4H3/t27-,28-/m0/s1. The number of aliphatic hydroxyl groups is 1. The molecular weight excluding hydrogens is 475 g/mol. The fraction of sp³-hybridized carbons (Fsp3) is 0.321. The number of halogens is 1. The molecule has 192 valence electrons. The first-order chi connectivity index (χ1) is 17.5. The van der Waals surface area contributed by atoms with Crippen LogP contribution in [0, 0.1) is 5.82 Å². The molecule has 9 heteroatoms. The fourth-order valence-electron chi connectivity index (χ4n) is 4.65. The van der Waals surface area contributed by atoms with Gasteiger partial charge in [-0.3, -0.25) is 9.48 Å². The van der Waals surface area contributed by atoms with Crippen molar-refractivity contribution in [3.8, 4) is 22.8 Å². The number of ether oxygens (including phenoxy) is 2. The van der Waals surface area contributed by atoms with E-state index in [0.29, 0.717) is 45.1 Å². The van der Waals surface area contributed by atoms with Crippen LogP contribution in [0.15, 0.2) is 48.7 Å². The largest absolute Gasteiger partial charge is 0.494 e. The zero-order chi connectivity index (χ0) is 26.5. The molecule has 0 spiro atoms. The molecule has 1 aliphatic rings. The third-order valence-corrected chi connectivity index (χ3v) is 6.84. The summed E-state index contributed by atoms with van der Waals surface area (Å²) >= 11 is 0. The summed E-state index contributed by atoms with van der Waals surface area (Å²) in [7, 11) is 3.34. The van der Waals surface area contributed by atoms with E-state index in [2.05, 4.69) is 5.10 Å². The van der Waals surface area contributed by atoms with Gasteiger partial charge in [-0.05, 0) is 62.7 Å². The molecule has 2 aromatic carbocycles. The number of hydrogen-bond donors (Lipinski definition) is 2. The minimum absolute atomic E-state index is 0.0724. The van der Waals surface area contributed by atoms with Crippen molar-refractivity contribution in [3.05, 3.63) is 71.3 Å². The minimum Gasteiger partial charge on any atom is -0.494 e. The first-order valence-electron chi connectivity index (χ1n) is 12.0. The second-order valence-electron chi connectivity index (χ2n) is 10.1. The molecular formula is C28H29FN4O4. The van der Waals surface area contributed by atoms with Crippen LogP contribution in [-0.2, 0) is 18.2 Å². The Morgan fingerprint density at radius 2 is 2.03 bits per heavy atom. The van der Waals surface area contributed by atoms with Gasteiger partial charge in [-0.1, -0.05) is 0 Å². The van der Waals surface area contributed by atoms with Crippen molar-refractivity contribution < 1.29 is 23.8 Å². The smallest absolute Gasteiger partial charge is 0.163 e. The molecule has 2 atom stereocenters. The lowest BCUT2D eigenvalue weighted by Crippen LogP contribution is -2.35. The summed E-state index contributed by atoms with van der Waals surface area (Å²) in [5.74, 6) is 0.521. The molecule has 0 saturated carbocycles. The highest BCUT2D eigenvalue weighted by Crippen LogP contribution is 2.44. The molecule has 0 saturated heterocycles. The molecule has 0 unspecified atom stereocenters. The molecule has 0 amide bonds. The summed E-state index contributed by atoms with van der Waals surface area (Å²) in [4.78, 5) is 17.9. The number of methoxy groups -OCH3 is 1. The Morgan fingerprint density at radius 3 is 2.73 bits per heavy atom. The molecule has 0 bridgehead atoms. The monoisotopic (exact) mass is 504 g/mol. The van der Waals surface area contributed by atoms with Crippen molar-refractivity contribution in [1.82, 2.24) is 14.8 Å². The molecule has 0 fully saturated rings. The van der Waals surface area contributed by atoms with E-state index in [1.54, 1.807) is 49.0 Å². The van der Waals surface area contributed by atoms with Crippen molar-refractivity contribution in [1.29, 1.82) is 0 Å². The van der Waals surface area contributed by atoms with Crippen molar-refractivity contribution in [2.45, 2.75) is 37.8 Å². The number of Topliss-reactive ketones (excluding diaryl/α,β-unsaturated/α-hetero) is 1. The third-order valence-electron chi connectivity index (χ3n) is 6.84. The van der Waals surface area contributed by atoms with E-state index in [9.17, 15) is 14.3 Å². The van der Waals surface area contributed by atoms with Gasteiger partial charge in [0.25, 0.3) is 0 Å². The van der Waals surface area contributed by atoms with E-state index in [4.69, 9.17) is 20.2 Å². The average Bonchev–Trinajstić information content (AvgIpc) is 3.40. The number of pyridine rings is 1. The molecule has 2 aromatic heterocycles. The molecule has 8 nitrogen and oxygen atoms in total. The Balaban J connectivity index is 1.46. The first kappa shape index (κ1) is 24.9. The summed E-state index contributed by atoms with van der Waals surface area (Å²) in [6, 6.07) is 11.1. The number of nitrogens with zero attached hydrogens (tertiary/aromatic N) is 3. The van der Waals surface area contributed by atoms with Crippen LogP contribution in [0.3, 0.4) is 0 Å².